The van der Waals surface area contributed by atoms with Crippen LogP contribution in [0.2, 0.25) is 5.02 Å². The number of hydrogen-bond donors (Lipinski definition) is 1. The molecule has 11 heteroatoms. The highest BCUT2D eigenvalue weighted by Gasteiger charge is 2.19. The van der Waals surface area contributed by atoms with E-state index in [1.807, 2.05) is 0 Å². The van der Waals surface area contributed by atoms with E-state index in [0.717, 1.165) is 24.5 Å². The van der Waals surface area contributed by atoms with Gasteiger partial charge in [0.2, 0.25) is 0 Å². The number of nitrogens with one attached hydrogen (secondary N) is 1. The minimum atomic E-state index is -3.78. The van der Waals surface area contributed by atoms with Crippen LogP contribution >= 0.6 is 11.6 Å². The number of benzene rings is 2. The Morgan fingerprint density at radius 1 is 1.16 bits per heavy atom. The SMILES string of the molecule is CS(=O)(=O)c1cc(C(=O)Nc2ccc(=O)n(Cc3ccccc3Cl)c2)cc([N+](=O)[O-])c1. The summed E-state index contributed by atoms with van der Waals surface area (Å²) in [7, 11) is -3.78. The predicted octanol–water partition coefficient (Wildman–Crippen LogP) is 3.11. The van der Waals surface area contributed by atoms with Crippen LogP contribution in [0.25, 0.3) is 0 Å². The van der Waals surface area contributed by atoms with E-state index in [-0.39, 0.29) is 28.3 Å². The van der Waals surface area contributed by atoms with Crippen LogP contribution in [-0.2, 0) is 16.4 Å². The maximum Gasteiger partial charge on any atom is 0.271 e. The predicted molar refractivity (Wildman–Crippen MR) is 115 cm³/mol. The molecule has 0 bridgehead atoms. The molecule has 0 spiro atoms. The molecule has 9 nitrogen and oxygen atoms in total. The molecule has 2 aromatic carbocycles. The lowest BCUT2D eigenvalue weighted by atomic mass is 10.2. The van der Waals surface area contributed by atoms with E-state index in [1.165, 1.54) is 22.9 Å². The molecule has 3 rings (SSSR count). The zero-order chi connectivity index (χ0) is 22.8. The van der Waals surface area contributed by atoms with Crippen LogP contribution < -0.4 is 10.9 Å². The number of non-ortho nitro benzene ring substituents is 1. The van der Waals surface area contributed by atoms with Gasteiger partial charge in [-0.1, -0.05) is 29.8 Å². The summed E-state index contributed by atoms with van der Waals surface area (Å²) < 4.78 is 25.0. The lowest BCUT2D eigenvalue weighted by Crippen LogP contribution is -2.21. The van der Waals surface area contributed by atoms with Crippen molar-refractivity contribution in [2.45, 2.75) is 11.4 Å². The summed E-state index contributed by atoms with van der Waals surface area (Å²) in [6.07, 6.45) is 2.29. The van der Waals surface area contributed by atoms with Crippen molar-refractivity contribution in [3.8, 4) is 0 Å². The number of pyridine rings is 1. The molecule has 0 radical (unpaired) electrons. The lowest BCUT2D eigenvalue weighted by molar-refractivity contribution is -0.385. The zero-order valence-electron chi connectivity index (χ0n) is 16.1. The first-order valence-electron chi connectivity index (χ1n) is 8.79. The van der Waals surface area contributed by atoms with E-state index < -0.39 is 26.4 Å². The fourth-order valence-corrected chi connectivity index (χ4v) is 3.65. The Balaban J connectivity index is 1.92. The van der Waals surface area contributed by atoms with Crippen LogP contribution in [0.5, 0.6) is 0 Å². The molecule has 0 fully saturated rings. The summed E-state index contributed by atoms with van der Waals surface area (Å²) in [5.41, 5.74) is -0.127. The lowest BCUT2D eigenvalue weighted by Gasteiger charge is -2.11. The summed E-state index contributed by atoms with van der Waals surface area (Å²) in [4.78, 5) is 34.8. The fourth-order valence-electron chi connectivity index (χ4n) is 2.78. The molecule has 31 heavy (non-hydrogen) atoms. The molecule has 0 saturated heterocycles. The maximum atomic E-state index is 12.6. The van der Waals surface area contributed by atoms with Crippen molar-refractivity contribution in [1.29, 1.82) is 0 Å². The zero-order valence-corrected chi connectivity index (χ0v) is 17.7. The van der Waals surface area contributed by atoms with Gasteiger partial charge in [0.25, 0.3) is 17.2 Å². The Hall–Kier alpha value is -3.50. The first kappa shape index (κ1) is 22.2. The Morgan fingerprint density at radius 2 is 1.87 bits per heavy atom. The van der Waals surface area contributed by atoms with Crippen molar-refractivity contribution < 1.29 is 18.1 Å². The van der Waals surface area contributed by atoms with Gasteiger partial charge >= 0.3 is 0 Å². The first-order chi connectivity index (χ1) is 14.5. The number of nitro benzene ring substituents is 1. The van der Waals surface area contributed by atoms with Crippen LogP contribution in [0.3, 0.4) is 0 Å². The Labute approximate surface area is 182 Å². The molecule has 1 aromatic heterocycles. The number of nitrogens with zero attached hydrogens (tertiary/aromatic N) is 2. The van der Waals surface area contributed by atoms with Gasteiger partial charge in [-0.15, -0.1) is 0 Å². The summed E-state index contributed by atoms with van der Waals surface area (Å²) in [6.45, 7) is 0.164. The molecular formula is C20H16ClN3O6S. The largest absolute Gasteiger partial charge is 0.321 e. The number of carbonyl (C=O) groups is 1. The fraction of sp³-hybridized carbons (Fsp3) is 0.100. The highest BCUT2D eigenvalue weighted by Crippen LogP contribution is 2.22. The number of aromatic nitrogens is 1. The molecule has 0 aliphatic heterocycles. The molecule has 0 aliphatic rings. The number of rotatable bonds is 6. The van der Waals surface area contributed by atoms with Gasteiger partial charge in [-0.2, -0.15) is 0 Å². The average Bonchev–Trinajstić information content (AvgIpc) is 2.71. The first-order valence-corrected chi connectivity index (χ1v) is 11.1. The van der Waals surface area contributed by atoms with Gasteiger partial charge in [-0.25, -0.2) is 8.42 Å². The summed E-state index contributed by atoms with van der Waals surface area (Å²) in [5.74, 6) is -0.767. The average molecular weight is 462 g/mol. The normalized spacial score (nSPS) is 11.2. The van der Waals surface area contributed by atoms with Crippen molar-refractivity contribution >= 4 is 38.7 Å². The topological polar surface area (TPSA) is 128 Å². The van der Waals surface area contributed by atoms with Crippen molar-refractivity contribution in [1.82, 2.24) is 4.57 Å². The van der Waals surface area contributed by atoms with Crippen LogP contribution in [0.15, 0.2) is 70.5 Å². The molecule has 1 heterocycles. The molecule has 160 valence electrons. The molecule has 0 aliphatic carbocycles. The van der Waals surface area contributed by atoms with Gasteiger partial charge in [0, 0.05) is 41.2 Å². The summed E-state index contributed by atoms with van der Waals surface area (Å²) in [6, 6.07) is 12.5. The monoisotopic (exact) mass is 461 g/mol. The van der Waals surface area contributed by atoms with E-state index in [1.54, 1.807) is 24.3 Å². The van der Waals surface area contributed by atoms with Gasteiger partial charge in [0.15, 0.2) is 9.84 Å². The molecule has 3 aromatic rings. The maximum absolute atomic E-state index is 12.6. The minimum Gasteiger partial charge on any atom is -0.321 e. The molecular weight excluding hydrogens is 446 g/mol. The van der Waals surface area contributed by atoms with Crippen LogP contribution in [-0.4, -0.2) is 30.1 Å². The molecule has 0 saturated carbocycles. The number of carbonyl (C=O) groups excluding carboxylic acids is 1. The third-order valence-electron chi connectivity index (χ3n) is 4.33. The second-order valence-electron chi connectivity index (χ2n) is 6.67. The Morgan fingerprint density at radius 3 is 2.52 bits per heavy atom. The van der Waals surface area contributed by atoms with Crippen molar-refractivity contribution in [2.75, 3.05) is 11.6 Å². The van der Waals surface area contributed by atoms with Gasteiger partial charge in [0.1, 0.15) is 0 Å². The van der Waals surface area contributed by atoms with Crippen molar-refractivity contribution in [3.63, 3.8) is 0 Å². The summed E-state index contributed by atoms with van der Waals surface area (Å²) >= 11 is 6.13. The second kappa shape index (κ2) is 8.70. The van der Waals surface area contributed by atoms with E-state index >= 15 is 0 Å². The van der Waals surface area contributed by atoms with E-state index in [4.69, 9.17) is 11.6 Å². The number of halogens is 1. The molecule has 1 amide bonds. The molecule has 1 N–H and O–H groups in total. The van der Waals surface area contributed by atoms with E-state index in [2.05, 4.69) is 5.32 Å². The van der Waals surface area contributed by atoms with Crippen molar-refractivity contribution in [2.24, 2.45) is 0 Å². The Bertz CT molecular complexity index is 1350. The second-order valence-corrected chi connectivity index (χ2v) is 9.10. The number of sulfone groups is 1. The van der Waals surface area contributed by atoms with Gasteiger partial charge in [0.05, 0.1) is 22.1 Å². The van der Waals surface area contributed by atoms with Gasteiger partial charge < -0.3 is 9.88 Å². The minimum absolute atomic E-state index is 0.164. The number of nitro groups is 1. The quantitative estimate of drug-likeness (QED) is 0.443. The van der Waals surface area contributed by atoms with Crippen molar-refractivity contribution in [3.05, 3.63) is 97.4 Å². The smallest absolute Gasteiger partial charge is 0.271 e. The third-order valence-corrected chi connectivity index (χ3v) is 5.79. The standard InChI is InChI=1S/C20H16ClN3O6S/c1-31(29,30)17-9-14(8-16(10-17)24(27)28)20(26)22-15-6-7-19(25)23(12-15)11-13-4-2-3-5-18(13)21/h2-10,12H,11H2,1H3,(H,22,26). The van der Waals surface area contributed by atoms with Crippen LogP contribution in [0.4, 0.5) is 11.4 Å². The van der Waals surface area contributed by atoms with Crippen LogP contribution in [0.1, 0.15) is 15.9 Å². The molecule has 0 atom stereocenters. The number of amides is 1. The summed E-state index contributed by atoms with van der Waals surface area (Å²) in [5, 5.41) is 14.1. The van der Waals surface area contributed by atoms with Gasteiger partial charge in [-0.3, -0.25) is 19.7 Å². The number of hydrogen-bond acceptors (Lipinski definition) is 6. The van der Waals surface area contributed by atoms with E-state index in [9.17, 15) is 28.1 Å². The van der Waals surface area contributed by atoms with Gasteiger partial charge in [-0.05, 0) is 23.8 Å². The number of anilines is 1. The van der Waals surface area contributed by atoms with Crippen LogP contribution in [0, 0.1) is 10.1 Å². The highest BCUT2D eigenvalue weighted by molar-refractivity contribution is 7.90. The van der Waals surface area contributed by atoms with E-state index in [0.29, 0.717) is 10.6 Å². The third kappa shape index (κ3) is 5.36. The molecule has 0 unspecified atom stereocenters. The highest BCUT2D eigenvalue weighted by atomic mass is 35.5. The Kier molecular flexibility index (Phi) is 6.23.